The highest BCUT2D eigenvalue weighted by molar-refractivity contribution is 5.30. The first kappa shape index (κ1) is 16.0. The van der Waals surface area contributed by atoms with Gasteiger partial charge in [-0.3, -0.25) is 0 Å². The second-order valence-electron chi connectivity index (χ2n) is 5.54. The lowest BCUT2D eigenvalue weighted by atomic mass is 10.0. The number of ether oxygens (including phenoxy) is 1. The largest absolute Gasteiger partial charge is 0.494 e. The van der Waals surface area contributed by atoms with E-state index in [-0.39, 0.29) is 5.82 Å². The molecule has 0 bridgehead atoms. The average Bonchev–Trinajstić information content (AvgIpc) is 2.37. The van der Waals surface area contributed by atoms with Gasteiger partial charge in [0, 0.05) is 18.2 Å². The maximum absolute atomic E-state index is 13.9. The highest BCUT2D eigenvalue weighted by Crippen LogP contribution is 2.20. The smallest absolute Gasteiger partial charge is 0.169 e. The van der Waals surface area contributed by atoms with Crippen molar-refractivity contribution in [3.8, 4) is 5.75 Å². The van der Waals surface area contributed by atoms with E-state index >= 15 is 0 Å². The first-order chi connectivity index (χ1) is 9.04. The van der Waals surface area contributed by atoms with Crippen LogP contribution in [0.4, 0.5) is 4.39 Å². The summed E-state index contributed by atoms with van der Waals surface area (Å²) in [6.45, 7) is 7.18. The molecule has 0 fully saturated rings. The van der Waals surface area contributed by atoms with Crippen LogP contribution < -0.4 is 10.1 Å². The van der Waals surface area contributed by atoms with Crippen molar-refractivity contribution in [1.82, 2.24) is 5.32 Å². The topological polar surface area (TPSA) is 21.3 Å². The Morgan fingerprint density at radius 3 is 2.58 bits per heavy atom. The van der Waals surface area contributed by atoms with Crippen LogP contribution in [-0.4, -0.2) is 13.2 Å². The van der Waals surface area contributed by atoms with Gasteiger partial charge in [0.15, 0.2) is 11.6 Å². The van der Waals surface area contributed by atoms with Gasteiger partial charge in [-0.15, -0.1) is 0 Å². The third-order valence-corrected chi connectivity index (χ3v) is 3.32. The molecule has 1 N–H and O–H groups in total. The summed E-state index contributed by atoms with van der Waals surface area (Å²) >= 11 is 0. The molecular weight excluding hydrogens is 241 g/mol. The van der Waals surface area contributed by atoms with Crippen LogP contribution in [0.15, 0.2) is 18.2 Å². The Morgan fingerprint density at radius 1 is 1.21 bits per heavy atom. The highest BCUT2D eigenvalue weighted by atomic mass is 19.1. The van der Waals surface area contributed by atoms with Crippen LogP contribution >= 0.6 is 0 Å². The number of rotatable bonds is 8. The van der Waals surface area contributed by atoms with E-state index in [9.17, 15) is 4.39 Å². The number of halogens is 1. The standard InChI is InChI=1S/C16H26FNO/c1-12(2)7-5-8-13(3)18-11-14-9-6-10-15(19-4)16(14)17/h6,9-10,12-13,18H,5,7-8,11H2,1-4H3. The minimum Gasteiger partial charge on any atom is -0.494 e. The maximum Gasteiger partial charge on any atom is 0.169 e. The fraction of sp³-hybridized carbons (Fsp3) is 0.625. The van der Waals surface area contributed by atoms with Crippen LogP contribution in [0.25, 0.3) is 0 Å². The van der Waals surface area contributed by atoms with Crippen LogP contribution in [0.5, 0.6) is 5.75 Å². The molecule has 0 spiro atoms. The second kappa shape index (κ2) is 8.16. The molecular formula is C16H26FNO. The lowest BCUT2D eigenvalue weighted by Crippen LogP contribution is -2.26. The molecule has 0 heterocycles. The minimum atomic E-state index is -0.258. The molecule has 1 aromatic rings. The summed E-state index contributed by atoms with van der Waals surface area (Å²) < 4.78 is 18.9. The quantitative estimate of drug-likeness (QED) is 0.764. The van der Waals surface area contributed by atoms with Crippen LogP contribution in [0, 0.1) is 11.7 Å². The molecule has 0 aromatic heterocycles. The van der Waals surface area contributed by atoms with Crippen LogP contribution in [0.2, 0.25) is 0 Å². The maximum atomic E-state index is 13.9. The molecule has 19 heavy (non-hydrogen) atoms. The lowest BCUT2D eigenvalue weighted by molar-refractivity contribution is 0.381. The molecule has 1 rings (SSSR count). The Bertz CT molecular complexity index is 379. The van der Waals surface area contributed by atoms with E-state index in [1.807, 2.05) is 6.07 Å². The summed E-state index contributed by atoms with van der Waals surface area (Å²) in [4.78, 5) is 0. The van der Waals surface area contributed by atoms with Gasteiger partial charge in [0.05, 0.1) is 7.11 Å². The summed E-state index contributed by atoms with van der Waals surface area (Å²) in [5.74, 6) is 0.807. The van der Waals surface area contributed by atoms with Crippen molar-refractivity contribution in [3.63, 3.8) is 0 Å². The van der Waals surface area contributed by atoms with Crippen LogP contribution in [0.3, 0.4) is 0 Å². The van der Waals surface area contributed by atoms with Gasteiger partial charge in [0.25, 0.3) is 0 Å². The third-order valence-electron chi connectivity index (χ3n) is 3.32. The SMILES string of the molecule is COc1cccc(CNC(C)CCCC(C)C)c1F. The number of hydrogen-bond donors (Lipinski definition) is 1. The fourth-order valence-corrected chi connectivity index (χ4v) is 2.07. The zero-order chi connectivity index (χ0) is 14.3. The van der Waals surface area contributed by atoms with Gasteiger partial charge in [-0.25, -0.2) is 4.39 Å². The van der Waals surface area contributed by atoms with E-state index in [0.29, 0.717) is 23.9 Å². The van der Waals surface area contributed by atoms with Gasteiger partial charge in [-0.05, 0) is 25.3 Å². The molecule has 0 saturated carbocycles. The lowest BCUT2D eigenvalue weighted by Gasteiger charge is -2.15. The molecule has 0 amide bonds. The fourth-order valence-electron chi connectivity index (χ4n) is 2.07. The molecule has 1 atom stereocenters. The van der Waals surface area contributed by atoms with E-state index in [0.717, 1.165) is 12.3 Å². The molecule has 2 nitrogen and oxygen atoms in total. The van der Waals surface area contributed by atoms with Crippen molar-refractivity contribution in [2.24, 2.45) is 5.92 Å². The zero-order valence-corrected chi connectivity index (χ0v) is 12.5. The number of nitrogens with one attached hydrogen (secondary N) is 1. The molecule has 0 aliphatic carbocycles. The summed E-state index contributed by atoms with van der Waals surface area (Å²) in [5.41, 5.74) is 0.662. The van der Waals surface area contributed by atoms with Gasteiger partial charge in [0.1, 0.15) is 0 Å². The predicted octanol–water partition coefficient (Wildman–Crippen LogP) is 4.14. The molecule has 0 aliphatic heterocycles. The Kier molecular flexibility index (Phi) is 6.85. The second-order valence-corrected chi connectivity index (χ2v) is 5.54. The molecule has 0 radical (unpaired) electrons. The summed E-state index contributed by atoms with van der Waals surface area (Å²) in [7, 11) is 1.49. The number of benzene rings is 1. The van der Waals surface area contributed by atoms with Crippen molar-refractivity contribution in [2.45, 2.75) is 52.6 Å². The van der Waals surface area contributed by atoms with Gasteiger partial charge in [-0.1, -0.05) is 38.8 Å². The Morgan fingerprint density at radius 2 is 1.95 bits per heavy atom. The van der Waals surface area contributed by atoms with E-state index in [2.05, 4.69) is 26.1 Å². The molecule has 3 heteroatoms. The van der Waals surface area contributed by atoms with Crippen molar-refractivity contribution in [1.29, 1.82) is 0 Å². The third kappa shape index (κ3) is 5.60. The van der Waals surface area contributed by atoms with Crippen molar-refractivity contribution < 1.29 is 9.13 Å². The van der Waals surface area contributed by atoms with E-state index in [4.69, 9.17) is 4.74 Å². The van der Waals surface area contributed by atoms with Gasteiger partial charge < -0.3 is 10.1 Å². The normalized spacial score (nSPS) is 12.7. The van der Waals surface area contributed by atoms with Crippen LogP contribution in [-0.2, 0) is 6.54 Å². The first-order valence-corrected chi connectivity index (χ1v) is 7.09. The number of hydrogen-bond acceptors (Lipinski definition) is 2. The Balaban J connectivity index is 2.39. The van der Waals surface area contributed by atoms with E-state index in [1.165, 1.54) is 20.0 Å². The van der Waals surface area contributed by atoms with Crippen molar-refractivity contribution >= 4 is 0 Å². The Hall–Kier alpha value is -1.09. The molecule has 0 saturated heterocycles. The molecule has 1 unspecified atom stereocenters. The zero-order valence-electron chi connectivity index (χ0n) is 12.5. The van der Waals surface area contributed by atoms with Gasteiger partial charge in [0.2, 0.25) is 0 Å². The Labute approximate surface area is 116 Å². The molecule has 0 aliphatic rings. The summed E-state index contributed by atoms with van der Waals surface area (Å²) in [6, 6.07) is 5.67. The number of methoxy groups -OCH3 is 1. The summed E-state index contributed by atoms with van der Waals surface area (Å²) in [5, 5.41) is 3.37. The van der Waals surface area contributed by atoms with Crippen molar-refractivity contribution in [2.75, 3.05) is 7.11 Å². The minimum absolute atomic E-state index is 0.258. The monoisotopic (exact) mass is 267 g/mol. The van der Waals surface area contributed by atoms with Crippen molar-refractivity contribution in [3.05, 3.63) is 29.6 Å². The summed E-state index contributed by atoms with van der Waals surface area (Å²) in [6.07, 6.45) is 3.59. The first-order valence-electron chi connectivity index (χ1n) is 7.09. The van der Waals surface area contributed by atoms with E-state index < -0.39 is 0 Å². The van der Waals surface area contributed by atoms with Gasteiger partial charge in [-0.2, -0.15) is 0 Å². The van der Waals surface area contributed by atoms with Gasteiger partial charge >= 0.3 is 0 Å². The molecule has 108 valence electrons. The van der Waals surface area contributed by atoms with E-state index in [1.54, 1.807) is 12.1 Å². The average molecular weight is 267 g/mol. The highest BCUT2D eigenvalue weighted by Gasteiger charge is 2.09. The van der Waals surface area contributed by atoms with Crippen LogP contribution in [0.1, 0.15) is 45.6 Å². The predicted molar refractivity (Wildman–Crippen MR) is 77.9 cm³/mol. The molecule has 1 aromatic carbocycles.